The Morgan fingerprint density at radius 3 is 2.29 bits per heavy atom. The minimum atomic E-state index is -0.908. The van der Waals surface area contributed by atoms with E-state index in [9.17, 15) is 24.6 Å². The summed E-state index contributed by atoms with van der Waals surface area (Å²) in [6.07, 6.45) is 10.4. The lowest BCUT2D eigenvalue weighted by Gasteiger charge is -2.72. The third-order valence-electron chi connectivity index (χ3n) is 17.3. The van der Waals surface area contributed by atoms with Gasteiger partial charge in [-0.2, -0.15) is 0 Å². The summed E-state index contributed by atoms with van der Waals surface area (Å²) in [4.78, 5) is 40.9. The number of rotatable bonds is 9. The van der Waals surface area contributed by atoms with Gasteiger partial charge < -0.3 is 25.6 Å². The van der Waals surface area contributed by atoms with Crippen molar-refractivity contribution >= 4 is 17.8 Å². The van der Waals surface area contributed by atoms with Gasteiger partial charge in [0, 0.05) is 18.5 Å². The molecule has 0 aromatic heterocycles. The molecular formula is C48H66N2O6. The summed E-state index contributed by atoms with van der Waals surface area (Å²) in [5, 5.41) is 27.0. The zero-order valence-corrected chi connectivity index (χ0v) is 34.9. The van der Waals surface area contributed by atoms with E-state index in [1.54, 1.807) is 36.4 Å². The average Bonchev–Trinajstić information content (AvgIpc) is 3.57. The van der Waals surface area contributed by atoms with Crippen LogP contribution in [0.15, 0.2) is 60.7 Å². The summed E-state index contributed by atoms with van der Waals surface area (Å²) in [6, 6.07) is 12.8. The van der Waals surface area contributed by atoms with Crippen LogP contribution in [0.4, 0.5) is 0 Å². The van der Waals surface area contributed by atoms with Crippen LogP contribution in [0.3, 0.4) is 0 Å². The van der Waals surface area contributed by atoms with Gasteiger partial charge in [0.25, 0.3) is 5.91 Å². The lowest BCUT2D eigenvalue weighted by Crippen LogP contribution is -2.67. The predicted molar refractivity (Wildman–Crippen MR) is 218 cm³/mol. The average molecular weight is 767 g/mol. The lowest BCUT2D eigenvalue weighted by atomic mass is 9.32. The van der Waals surface area contributed by atoms with Crippen molar-refractivity contribution in [2.45, 2.75) is 131 Å². The Bertz CT molecular complexity index is 1860. The van der Waals surface area contributed by atoms with Crippen LogP contribution >= 0.6 is 0 Å². The van der Waals surface area contributed by atoms with Gasteiger partial charge in [-0.25, -0.2) is 4.79 Å². The van der Waals surface area contributed by atoms with Crippen LogP contribution in [-0.2, 0) is 27.3 Å². The summed E-state index contributed by atoms with van der Waals surface area (Å²) in [7, 11) is 1.29. The first-order valence-corrected chi connectivity index (χ1v) is 21.3. The molecule has 2 aromatic rings. The van der Waals surface area contributed by atoms with Gasteiger partial charge in [-0.05, 0) is 158 Å². The first-order chi connectivity index (χ1) is 26.4. The molecule has 8 heteroatoms. The molecule has 0 radical (unpaired) electrons. The molecular weight excluding hydrogens is 701 g/mol. The summed E-state index contributed by atoms with van der Waals surface area (Å²) in [6.45, 7) is 19.4. The Morgan fingerprint density at radius 2 is 1.59 bits per heavy atom. The number of phenols is 1. The smallest absolute Gasteiger partial charge is 0.328 e. The highest BCUT2D eigenvalue weighted by Crippen LogP contribution is 2.77. The Labute approximate surface area is 334 Å². The largest absolute Gasteiger partial charge is 0.508 e. The number of benzene rings is 2. The number of allylic oxidation sites excluding steroid dienone is 1. The van der Waals surface area contributed by atoms with Crippen LogP contribution in [0.1, 0.15) is 127 Å². The Morgan fingerprint density at radius 1 is 0.857 bits per heavy atom. The molecule has 5 aliphatic carbocycles. The highest BCUT2D eigenvalue weighted by molar-refractivity contribution is 5.97. The van der Waals surface area contributed by atoms with E-state index in [0.29, 0.717) is 35.8 Å². The molecule has 8 nitrogen and oxygen atoms in total. The first kappa shape index (κ1) is 40.5. The highest BCUT2D eigenvalue weighted by Gasteiger charge is 2.71. The lowest BCUT2D eigenvalue weighted by molar-refractivity contribution is -0.246. The summed E-state index contributed by atoms with van der Waals surface area (Å²) >= 11 is 0. The predicted octanol–water partition coefficient (Wildman–Crippen LogP) is 8.54. The minimum absolute atomic E-state index is 0.0775. The van der Waals surface area contributed by atoms with Gasteiger partial charge in [-0.3, -0.25) is 9.59 Å². The SMILES string of the molecule is C=C(C)[C@@H]1CCC2(C(=O)NCc3cccc(C(=O)NC(Cc4ccc(O)cc4)C(=O)OC)c3)CC[C@]3(C)C(CCC4C5(C)CCC(O)C(C)(C)C5CCC43C)C12. The van der Waals surface area contributed by atoms with Crippen molar-refractivity contribution < 1.29 is 29.3 Å². The monoisotopic (exact) mass is 766 g/mol. The van der Waals surface area contributed by atoms with Crippen molar-refractivity contribution in [1.82, 2.24) is 10.6 Å². The van der Waals surface area contributed by atoms with Crippen molar-refractivity contribution in [2.75, 3.05) is 7.11 Å². The van der Waals surface area contributed by atoms with E-state index in [1.807, 2.05) is 12.1 Å². The molecule has 0 saturated heterocycles. The van der Waals surface area contributed by atoms with E-state index in [1.165, 1.54) is 25.5 Å². The zero-order chi connectivity index (χ0) is 40.4. The van der Waals surface area contributed by atoms with Crippen LogP contribution in [0.25, 0.3) is 0 Å². The number of fused-ring (bicyclic) bond motifs is 7. The number of amides is 2. The first-order valence-electron chi connectivity index (χ1n) is 21.3. The van der Waals surface area contributed by atoms with Gasteiger partial charge in [0.2, 0.25) is 5.91 Å². The molecule has 0 bridgehead atoms. The fourth-order valence-electron chi connectivity index (χ4n) is 14.1. The highest BCUT2D eigenvalue weighted by atomic mass is 16.5. The third-order valence-corrected chi connectivity index (χ3v) is 17.3. The van der Waals surface area contributed by atoms with Crippen molar-refractivity contribution in [1.29, 1.82) is 0 Å². The molecule has 5 fully saturated rings. The van der Waals surface area contributed by atoms with Gasteiger partial charge in [-0.15, -0.1) is 0 Å². The molecule has 56 heavy (non-hydrogen) atoms. The summed E-state index contributed by atoms with van der Waals surface area (Å²) < 4.78 is 4.99. The molecule has 304 valence electrons. The molecule has 5 saturated carbocycles. The number of carbonyl (C=O) groups excluding carboxylic acids is 3. The number of carbonyl (C=O) groups is 3. The van der Waals surface area contributed by atoms with Crippen molar-refractivity contribution in [3.63, 3.8) is 0 Å². The molecule has 9 unspecified atom stereocenters. The van der Waals surface area contributed by atoms with Gasteiger partial charge in [-0.1, -0.05) is 71.0 Å². The van der Waals surface area contributed by atoms with Crippen LogP contribution in [0.2, 0.25) is 0 Å². The molecule has 7 rings (SSSR count). The third kappa shape index (κ3) is 6.41. The number of aliphatic hydroxyl groups excluding tert-OH is 1. The number of hydrogen-bond donors (Lipinski definition) is 4. The molecule has 5 aliphatic rings. The minimum Gasteiger partial charge on any atom is -0.508 e. The normalized spacial score (nSPS) is 37.4. The second-order valence-electron chi connectivity index (χ2n) is 20.0. The van der Waals surface area contributed by atoms with Gasteiger partial charge in [0.1, 0.15) is 11.8 Å². The maximum absolute atomic E-state index is 14.8. The summed E-state index contributed by atoms with van der Waals surface area (Å²) in [5.41, 5.74) is 3.15. The van der Waals surface area contributed by atoms with Crippen LogP contribution < -0.4 is 10.6 Å². The quantitative estimate of drug-likeness (QED) is 0.150. The number of ether oxygens (including phenoxy) is 1. The van der Waals surface area contributed by atoms with Crippen molar-refractivity contribution in [2.24, 2.45) is 56.7 Å². The van der Waals surface area contributed by atoms with Crippen molar-refractivity contribution in [3.8, 4) is 5.75 Å². The van der Waals surface area contributed by atoms with Gasteiger partial charge >= 0.3 is 5.97 Å². The standard InChI is InChI=1S/C48H66N2O6/c1-29(2)34-18-23-48(25-24-46(6)35(40(34)48)16-17-38-45(5)21-20-39(52)44(3,4)37(45)19-22-47(38,46)7)43(55)49-28-31-10-9-11-32(26-31)41(53)50-36(42(54)56-8)27-30-12-14-33(51)15-13-30/h9-15,26,34-40,51-52H,1,16-25,27-28H2,2-8H3,(H,49,55)(H,50,53)/t34-,35?,36?,37?,38?,39?,40?,45?,46+,47?,48?/m0/s1. The fraction of sp³-hybridized carbons (Fsp3) is 0.646. The van der Waals surface area contributed by atoms with E-state index in [-0.39, 0.29) is 51.8 Å². The zero-order valence-electron chi connectivity index (χ0n) is 34.9. The molecule has 11 atom stereocenters. The molecule has 0 spiro atoms. The Kier molecular flexibility index (Phi) is 10.6. The Hall–Kier alpha value is -3.65. The number of phenolic OH excluding ortho intramolecular Hbond substituents is 1. The second-order valence-corrected chi connectivity index (χ2v) is 20.0. The van der Waals surface area contributed by atoms with E-state index in [2.05, 4.69) is 58.8 Å². The number of methoxy groups -OCH3 is 1. The topological polar surface area (TPSA) is 125 Å². The molecule has 2 amide bonds. The molecule has 4 N–H and O–H groups in total. The van der Waals surface area contributed by atoms with E-state index >= 15 is 0 Å². The number of esters is 1. The number of aromatic hydroxyl groups is 1. The summed E-state index contributed by atoms with van der Waals surface area (Å²) in [5.74, 6) is 1.41. The van der Waals surface area contributed by atoms with E-state index in [4.69, 9.17) is 4.74 Å². The van der Waals surface area contributed by atoms with Crippen LogP contribution in [0, 0.1) is 56.7 Å². The second kappa shape index (κ2) is 14.6. The van der Waals surface area contributed by atoms with Crippen molar-refractivity contribution in [3.05, 3.63) is 77.4 Å². The van der Waals surface area contributed by atoms with E-state index < -0.39 is 23.3 Å². The molecule has 2 aromatic carbocycles. The van der Waals surface area contributed by atoms with E-state index in [0.717, 1.165) is 62.5 Å². The van der Waals surface area contributed by atoms with Gasteiger partial charge in [0.15, 0.2) is 0 Å². The fourth-order valence-corrected chi connectivity index (χ4v) is 14.1. The molecule has 0 aliphatic heterocycles. The van der Waals surface area contributed by atoms with Gasteiger partial charge in [0.05, 0.1) is 18.6 Å². The maximum Gasteiger partial charge on any atom is 0.328 e. The number of aliphatic hydroxyl groups is 1. The number of nitrogens with one attached hydrogen (secondary N) is 2. The Balaban J connectivity index is 1.08. The molecule has 0 heterocycles. The van der Waals surface area contributed by atoms with Crippen LogP contribution in [-0.4, -0.2) is 47.3 Å². The maximum atomic E-state index is 14.8. The number of hydrogen-bond acceptors (Lipinski definition) is 6. The van der Waals surface area contributed by atoms with Crippen LogP contribution in [0.5, 0.6) is 5.75 Å².